The van der Waals surface area contributed by atoms with Gasteiger partial charge in [-0.05, 0) is 25.0 Å². The van der Waals surface area contributed by atoms with E-state index in [1.807, 2.05) is 18.2 Å². The van der Waals surface area contributed by atoms with Gasteiger partial charge in [-0.2, -0.15) is 0 Å². The van der Waals surface area contributed by atoms with Crippen molar-refractivity contribution in [3.8, 4) is 0 Å². The largest absolute Gasteiger partial charge is 0.398 e. The van der Waals surface area contributed by atoms with Gasteiger partial charge in [0.1, 0.15) is 0 Å². The second kappa shape index (κ2) is 2.67. The molecule has 1 fully saturated rings. The SMILES string of the molecule is Nc1cccc2[nH]c(C3CC3)c(Cl)c12. The van der Waals surface area contributed by atoms with Crippen molar-refractivity contribution >= 4 is 28.2 Å². The number of rotatable bonds is 1. The summed E-state index contributed by atoms with van der Waals surface area (Å²) in [5.41, 5.74) is 8.87. The standard InChI is InChI=1S/C11H11ClN2/c12-10-9-7(13)2-1-3-8(9)14-11(10)6-4-5-6/h1-3,6,14H,4-5,13H2. The molecule has 1 aromatic heterocycles. The Balaban J connectivity index is 2.34. The van der Waals surface area contributed by atoms with Crippen LogP contribution in [0.2, 0.25) is 5.02 Å². The number of benzene rings is 1. The second-order valence-corrected chi connectivity index (χ2v) is 4.27. The van der Waals surface area contributed by atoms with Gasteiger partial charge < -0.3 is 10.7 Å². The van der Waals surface area contributed by atoms with Crippen LogP contribution in [0.5, 0.6) is 0 Å². The summed E-state index contributed by atoms with van der Waals surface area (Å²) >= 11 is 6.29. The molecule has 0 radical (unpaired) electrons. The summed E-state index contributed by atoms with van der Waals surface area (Å²) in [5.74, 6) is 0.634. The van der Waals surface area contributed by atoms with E-state index >= 15 is 0 Å². The molecule has 1 aromatic carbocycles. The summed E-state index contributed by atoms with van der Waals surface area (Å²) in [6.07, 6.45) is 2.49. The molecule has 0 bridgehead atoms. The van der Waals surface area contributed by atoms with E-state index in [1.54, 1.807) is 0 Å². The zero-order valence-corrected chi connectivity index (χ0v) is 8.43. The zero-order chi connectivity index (χ0) is 9.71. The van der Waals surface area contributed by atoms with Gasteiger partial charge in [-0.1, -0.05) is 17.7 Å². The lowest BCUT2D eigenvalue weighted by Crippen LogP contribution is -1.84. The summed E-state index contributed by atoms with van der Waals surface area (Å²) in [5, 5.41) is 1.80. The van der Waals surface area contributed by atoms with Crippen LogP contribution in [-0.2, 0) is 0 Å². The van der Waals surface area contributed by atoms with E-state index in [0.717, 1.165) is 21.6 Å². The van der Waals surface area contributed by atoms with E-state index < -0.39 is 0 Å². The van der Waals surface area contributed by atoms with Crippen molar-refractivity contribution in [3.63, 3.8) is 0 Å². The molecule has 3 N–H and O–H groups in total. The molecule has 0 aliphatic heterocycles. The van der Waals surface area contributed by atoms with Gasteiger partial charge in [-0.15, -0.1) is 0 Å². The van der Waals surface area contributed by atoms with Gasteiger partial charge in [-0.25, -0.2) is 0 Å². The second-order valence-electron chi connectivity index (χ2n) is 3.90. The van der Waals surface area contributed by atoms with Crippen molar-refractivity contribution in [1.82, 2.24) is 4.98 Å². The quantitative estimate of drug-likeness (QED) is 0.691. The highest BCUT2D eigenvalue weighted by molar-refractivity contribution is 6.37. The number of H-pyrrole nitrogens is 1. The molecule has 2 aromatic rings. The van der Waals surface area contributed by atoms with Crippen LogP contribution < -0.4 is 5.73 Å². The number of fused-ring (bicyclic) bond motifs is 1. The van der Waals surface area contributed by atoms with Crippen molar-refractivity contribution < 1.29 is 0 Å². The van der Waals surface area contributed by atoms with Gasteiger partial charge >= 0.3 is 0 Å². The van der Waals surface area contributed by atoms with E-state index in [1.165, 1.54) is 18.5 Å². The molecule has 1 saturated carbocycles. The highest BCUT2D eigenvalue weighted by atomic mass is 35.5. The number of nitrogens with two attached hydrogens (primary N) is 1. The fraction of sp³-hybridized carbons (Fsp3) is 0.273. The van der Waals surface area contributed by atoms with E-state index in [0.29, 0.717) is 5.92 Å². The number of aromatic nitrogens is 1. The van der Waals surface area contributed by atoms with E-state index in [-0.39, 0.29) is 0 Å². The van der Waals surface area contributed by atoms with E-state index in [4.69, 9.17) is 17.3 Å². The Kier molecular flexibility index (Phi) is 1.56. The molecular formula is C11H11ClN2. The third kappa shape index (κ3) is 1.04. The topological polar surface area (TPSA) is 41.8 Å². The van der Waals surface area contributed by atoms with Crippen molar-refractivity contribution in [2.45, 2.75) is 18.8 Å². The van der Waals surface area contributed by atoms with Crippen molar-refractivity contribution in [2.75, 3.05) is 5.73 Å². The molecule has 0 atom stereocenters. The Labute approximate surface area is 87.1 Å². The minimum atomic E-state index is 0.634. The number of hydrogen-bond donors (Lipinski definition) is 2. The van der Waals surface area contributed by atoms with Crippen LogP contribution in [0.3, 0.4) is 0 Å². The fourth-order valence-corrected chi connectivity index (χ4v) is 2.32. The molecule has 2 nitrogen and oxygen atoms in total. The molecule has 0 spiro atoms. The molecule has 0 saturated heterocycles. The predicted octanol–water partition coefficient (Wildman–Crippen LogP) is 3.28. The van der Waals surface area contributed by atoms with Crippen LogP contribution in [-0.4, -0.2) is 4.98 Å². The van der Waals surface area contributed by atoms with Crippen LogP contribution in [0.15, 0.2) is 18.2 Å². The fourth-order valence-electron chi connectivity index (χ4n) is 1.91. The summed E-state index contributed by atoms with van der Waals surface area (Å²) < 4.78 is 0. The maximum Gasteiger partial charge on any atom is 0.0715 e. The first-order valence-corrected chi connectivity index (χ1v) is 5.20. The molecule has 1 heterocycles. The van der Waals surface area contributed by atoms with Gasteiger partial charge in [0.25, 0.3) is 0 Å². The lowest BCUT2D eigenvalue weighted by molar-refractivity contribution is 1.06. The molecule has 3 rings (SSSR count). The number of nitrogens with one attached hydrogen (secondary N) is 1. The Morgan fingerprint density at radius 2 is 2.14 bits per heavy atom. The summed E-state index contributed by atoms with van der Waals surface area (Å²) in [6.45, 7) is 0. The Morgan fingerprint density at radius 3 is 2.79 bits per heavy atom. The first-order valence-electron chi connectivity index (χ1n) is 4.83. The normalized spacial score (nSPS) is 16.4. The number of anilines is 1. The molecular weight excluding hydrogens is 196 g/mol. The van der Waals surface area contributed by atoms with Crippen molar-refractivity contribution in [2.24, 2.45) is 0 Å². The Hall–Kier alpha value is -1.15. The van der Waals surface area contributed by atoms with Crippen LogP contribution in [0, 0.1) is 0 Å². The molecule has 3 heteroatoms. The van der Waals surface area contributed by atoms with Crippen LogP contribution in [0.4, 0.5) is 5.69 Å². The maximum atomic E-state index is 6.29. The van der Waals surface area contributed by atoms with Crippen LogP contribution in [0.25, 0.3) is 10.9 Å². The molecule has 1 aliphatic rings. The molecule has 0 unspecified atom stereocenters. The van der Waals surface area contributed by atoms with Crippen LogP contribution in [0.1, 0.15) is 24.5 Å². The van der Waals surface area contributed by atoms with Crippen LogP contribution >= 0.6 is 11.6 Å². The molecule has 14 heavy (non-hydrogen) atoms. The van der Waals surface area contributed by atoms with Crippen molar-refractivity contribution in [1.29, 1.82) is 0 Å². The third-order valence-electron chi connectivity index (χ3n) is 2.81. The lowest BCUT2D eigenvalue weighted by Gasteiger charge is -1.95. The average Bonchev–Trinajstić information content (AvgIpc) is 2.93. The lowest BCUT2D eigenvalue weighted by atomic mass is 10.2. The highest BCUT2D eigenvalue weighted by Gasteiger charge is 2.28. The monoisotopic (exact) mass is 206 g/mol. The Bertz CT molecular complexity index is 497. The van der Waals surface area contributed by atoms with Gasteiger partial charge in [0.2, 0.25) is 0 Å². The first kappa shape index (κ1) is 8.18. The van der Waals surface area contributed by atoms with E-state index in [2.05, 4.69) is 4.98 Å². The minimum absolute atomic E-state index is 0.634. The third-order valence-corrected chi connectivity index (χ3v) is 3.20. The zero-order valence-electron chi connectivity index (χ0n) is 7.68. The predicted molar refractivity (Wildman–Crippen MR) is 59.7 cm³/mol. The van der Waals surface area contributed by atoms with E-state index in [9.17, 15) is 0 Å². The number of aromatic amines is 1. The summed E-state index contributed by atoms with van der Waals surface area (Å²) in [7, 11) is 0. The number of nitrogen functional groups attached to an aromatic ring is 1. The summed E-state index contributed by atoms with van der Waals surface area (Å²) in [4.78, 5) is 3.35. The first-order chi connectivity index (χ1) is 6.77. The van der Waals surface area contributed by atoms with Crippen molar-refractivity contribution in [3.05, 3.63) is 28.9 Å². The molecule has 1 aliphatic carbocycles. The van der Waals surface area contributed by atoms with Gasteiger partial charge in [0, 0.05) is 28.2 Å². The minimum Gasteiger partial charge on any atom is -0.398 e. The number of halogens is 1. The average molecular weight is 207 g/mol. The number of hydrogen-bond acceptors (Lipinski definition) is 1. The van der Waals surface area contributed by atoms with Gasteiger partial charge in [0.15, 0.2) is 0 Å². The molecule has 72 valence electrons. The maximum absolute atomic E-state index is 6.29. The molecule has 0 amide bonds. The summed E-state index contributed by atoms with van der Waals surface area (Å²) in [6, 6.07) is 5.85. The van der Waals surface area contributed by atoms with Gasteiger partial charge in [-0.3, -0.25) is 0 Å². The Morgan fingerprint density at radius 1 is 1.36 bits per heavy atom. The smallest absolute Gasteiger partial charge is 0.0715 e. The van der Waals surface area contributed by atoms with Gasteiger partial charge in [0.05, 0.1) is 5.02 Å². The highest BCUT2D eigenvalue weighted by Crippen LogP contribution is 2.45.